The van der Waals surface area contributed by atoms with Crippen molar-refractivity contribution in [3.05, 3.63) is 35.2 Å². The average Bonchev–Trinajstić information content (AvgIpc) is 2.62. The molecule has 0 radical (unpaired) electrons. The van der Waals surface area contributed by atoms with Gasteiger partial charge >= 0.3 is 0 Å². The molecule has 78 valence electrons. The lowest BCUT2D eigenvalue weighted by Gasteiger charge is -1.98. The molecule has 0 saturated heterocycles. The number of Topliss-reactive ketones (excluding diaryl/α,β-unsaturated/α-hetero) is 1. The third kappa shape index (κ3) is 2.25. The number of carbonyl (C=O) groups is 1. The van der Waals surface area contributed by atoms with Crippen LogP contribution < -0.4 is 5.32 Å². The second-order valence-electron chi connectivity index (χ2n) is 3.50. The lowest BCUT2D eigenvalue weighted by molar-refractivity contribution is -0.117. The second kappa shape index (κ2) is 4.55. The van der Waals surface area contributed by atoms with E-state index in [9.17, 15) is 4.79 Å². The minimum atomic E-state index is 0.237. The molecule has 2 aromatic rings. The highest BCUT2D eigenvalue weighted by Crippen LogP contribution is 2.25. The van der Waals surface area contributed by atoms with Gasteiger partial charge in [-0.1, -0.05) is 18.2 Å². The summed E-state index contributed by atoms with van der Waals surface area (Å²) in [6.45, 7) is 0.449. The molecule has 0 bridgehead atoms. The predicted molar refractivity (Wildman–Crippen MR) is 64.5 cm³/mol. The Morgan fingerprint density at radius 2 is 2.20 bits per heavy atom. The summed E-state index contributed by atoms with van der Waals surface area (Å²) in [6, 6.07) is 8.21. The Bertz CT molecular complexity index is 475. The number of thiophene rings is 1. The van der Waals surface area contributed by atoms with Gasteiger partial charge < -0.3 is 5.32 Å². The molecule has 0 spiro atoms. The molecule has 0 fully saturated rings. The number of benzene rings is 1. The molecule has 0 atom stereocenters. The number of fused-ring (bicyclic) bond motifs is 1. The van der Waals surface area contributed by atoms with Crippen LogP contribution in [0.25, 0.3) is 10.1 Å². The van der Waals surface area contributed by atoms with Gasteiger partial charge in [-0.05, 0) is 29.4 Å². The van der Waals surface area contributed by atoms with Crippen molar-refractivity contribution in [3.8, 4) is 0 Å². The molecule has 0 aliphatic heterocycles. The number of carbonyl (C=O) groups excluding carboxylic acids is 1. The number of nitrogens with one attached hydrogen (secondary N) is 1. The molecule has 1 heterocycles. The number of hydrogen-bond acceptors (Lipinski definition) is 3. The molecule has 3 heteroatoms. The van der Waals surface area contributed by atoms with Gasteiger partial charge in [-0.15, -0.1) is 11.3 Å². The van der Waals surface area contributed by atoms with Crippen molar-refractivity contribution < 1.29 is 4.79 Å². The SMILES string of the molecule is CNCC(=O)Cc1csc2ccccc12. The molecular formula is C12H13NOS. The number of likely N-dealkylation sites (N-methyl/N-ethyl adjacent to an activating group) is 1. The number of ketones is 1. The molecule has 1 aromatic heterocycles. The lowest BCUT2D eigenvalue weighted by atomic mass is 10.1. The molecular weight excluding hydrogens is 206 g/mol. The predicted octanol–water partition coefficient (Wildman–Crippen LogP) is 2.23. The Balaban J connectivity index is 2.25. The van der Waals surface area contributed by atoms with Gasteiger partial charge in [0, 0.05) is 11.1 Å². The smallest absolute Gasteiger partial charge is 0.151 e. The Hall–Kier alpha value is -1.19. The summed E-state index contributed by atoms with van der Waals surface area (Å²) in [7, 11) is 1.80. The van der Waals surface area contributed by atoms with E-state index in [4.69, 9.17) is 0 Å². The van der Waals surface area contributed by atoms with Crippen molar-refractivity contribution in [2.24, 2.45) is 0 Å². The minimum absolute atomic E-state index is 0.237. The maximum Gasteiger partial charge on any atom is 0.151 e. The quantitative estimate of drug-likeness (QED) is 0.854. The van der Waals surface area contributed by atoms with Gasteiger partial charge in [0.05, 0.1) is 6.54 Å². The van der Waals surface area contributed by atoms with Gasteiger partial charge in [0.2, 0.25) is 0 Å². The first-order chi connectivity index (χ1) is 7.31. The normalized spacial score (nSPS) is 10.7. The Morgan fingerprint density at radius 3 is 3.00 bits per heavy atom. The van der Waals surface area contributed by atoms with Crippen LogP contribution in [-0.2, 0) is 11.2 Å². The Kier molecular flexibility index (Phi) is 3.14. The maximum atomic E-state index is 11.5. The summed E-state index contributed by atoms with van der Waals surface area (Å²) in [5.74, 6) is 0.237. The number of rotatable bonds is 4. The fourth-order valence-electron chi connectivity index (χ4n) is 1.64. The third-order valence-corrected chi connectivity index (χ3v) is 3.34. The molecule has 0 amide bonds. The first-order valence-corrected chi connectivity index (χ1v) is 5.80. The zero-order valence-corrected chi connectivity index (χ0v) is 9.43. The summed E-state index contributed by atoms with van der Waals surface area (Å²) < 4.78 is 1.25. The lowest BCUT2D eigenvalue weighted by Crippen LogP contribution is -2.19. The summed E-state index contributed by atoms with van der Waals surface area (Å²) >= 11 is 1.70. The average molecular weight is 219 g/mol. The summed E-state index contributed by atoms with van der Waals surface area (Å²) in [4.78, 5) is 11.5. The van der Waals surface area contributed by atoms with Gasteiger partial charge in [0.1, 0.15) is 0 Å². The molecule has 2 rings (SSSR count). The molecule has 0 aliphatic carbocycles. The van der Waals surface area contributed by atoms with E-state index >= 15 is 0 Å². The third-order valence-electron chi connectivity index (χ3n) is 2.32. The highest BCUT2D eigenvalue weighted by molar-refractivity contribution is 7.17. The van der Waals surface area contributed by atoms with Crippen molar-refractivity contribution in [2.45, 2.75) is 6.42 Å². The number of hydrogen-bond donors (Lipinski definition) is 1. The van der Waals surface area contributed by atoms with Gasteiger partial charge in [0.15, 0.2) is 5.78 Å². The van der Waals surface area contributed by atoms with Crippen molar-refractivity contribution >= 4 is 27.2 Å². The van der Waals surface area contributed by atoms with E-state index < -0.39 is 0 Å². The fourth-order valence-corrected chi connectivity index (χ4v) is 2.60. The first-order valence-electron chi connectivity index (χ1n) is 4.92. The van der Waals surface area contributed by atoms with E-state index in [0.29, 0.717) is 13.0 Å². The van der Waals surface area contributed by atoms with Crippen LogP contribution in [-0.4, -0.2) is 19.4 Å². The van der Waals surface area contributed by atoms with E-state index in [1.807, 2.05) is 12.1 Å². The standard InChI is InChI=1S/C12H13NOS/c1-13-7-10(14)6-9-8-15-12-5-3-2-4-11(9)12/h2-5,8,13H,6-7H2,1H3. The first kappa shape index (κ1) is 10.3. The second-order valence-corrected chi connectivity index (χ2v) is 4.41. The summed E-state index contributed by atoms with van der Waals surface area (Å²) in [5.41, 5.74) is 1.15. The van der Waals surface area contributed by atoms with Crippen LogP contribution in [0.2, 0.25) is 0 Å². The fraction of sp³-hybridized carbons (Fsp3) is 0.250. The Morgan fingerprint density at radius 1 is 1.40 bits per heavy atom. The van der Waals surface area contributed by atoms with E-state index in [2.05, 4.69) is 22.8 Å². The zero-order chi connectivity index (χ0) is 10.7. The van der Waals surface area contributed by atoms with Crippen LogP contribution in [0, 0.1) is 0 Å². The minimum Gasteiger partial charge on any atom is -0.313 e. The molecule has 2 nitrogen and oxygen atoms in total. The van der Waals surface area contributed by atoms with Crippen LogP contribution >= 0.6 is 11.3 Å². The highest BCUT2D eigenvalue weighted by Gasteiger charge is 2.07. The molecule has 0 aliphatic rings. The topological polar surface area (TPSA) is 29.1 Å². The van der Waals surface area contributed by atoms with Crippen molar-refractivity contribution in [3.63, 3.8) is 0 Å². The summed E-state index contributed by atoms with van der Waals surface area (Å²) in [6.07, 6.45) is 0.533. The molecule has 0 saturated carbocycles. The van der Waals surface area contributed by atoms with E-state index in [-0.39, 0.29) is 5.78 Å². The van der Waals surface area contributed by atoms with Gasteiger partial charge in [-0.25, -0.2) is 0 Å². The summed E-state index contributed by atoms with van der Waals surface area (Å²) in [5, 5.41) is 6.18. The van der Waals surface area contributed by atoms with E-state index in [1.54, 1.807) is 18.4 Å². The van der Waals surface area contributed by atoms with Crippen LogP contribution in [0.4, 0.5) is 0 Å². The van der Waals surface area contributed by atoms with Crippen LogP contribution in [0.3, 0.4) is 0 Å². The van der Waals surface area contributed by atoms with Gasteiger partial charge in [0.25, 0.3) is 0 Å². The van der Waals surface area contributed by atoms with Crippen LogP contribution in [0.1, 0.15) is 5.56 Å². The Labute approximate surface area is 92.9 Å². The van der Waals surface area contributed by atoms with Crippen molar-refractivity contribution in [1.29, 1.82) is 0 Å². The van der Waals surface area contributed by atoms with Gasteiger partial charge in [-0.2, -0.15) is 0 Å². The molecule has 1 aromatic carbocycles. The highest BCUT2D eigenvalue weighted by atomic mass is 32.1. The van der Waals surface area contributed by atoms with Crippen LogP contribution in [0.5, 0.6) is 0 Å². The van der Waals surface area contributed by atoms with E-state index in [1.165, 1.54) is 10.1 Å². The maximum absolute atomic E-state index is 11.5. The van der Waals surface area contributed by atoms with Crippen molar-refractivity contribution in [1.82, 2.24) is 5.32 Å². The van der Waals surface area contributed by atoms with Gasteiger partial charge in [-0.3, -0.25) is 4.79 Å². The molecule has 0 unspecified atom stereocenters. The molecule has 15 heavy (non-hydrogen) atoms. The zero-order valence-electron chi connectivity index (χ0n) is 8.62. The van der Waals surface area contributed by atoms with Crippen molar-refractivity contribution in [2.75, 3.05) is 13.6 Å². The molecule has 1 N–H and O–H groups in total. The monoisotopic (exact) mass is 219 g/mol. The largest absolute Gasteiger partial charge is 0.313 e. The van der Waals surface area contributed by atoms with Crippen LogP contribution in [0.15, 0.2) is 29.6 Å². The van der Waals surface area contributed by atoms with E-state index in [0.717, 1.165) is 5.56 Å².